The van der Waals surface area contributed by atoms with Crippen LogP contribution in [0.4, 0.5) is 0 Å². The summed E-state index contributed by atoms with van der Waals surface area (Å²) in [5.74, 6) is 0.356. The fraction of sp³-hybridized carbons (Fsp3) is 0.667. The van der Waals surface area contributed by atoms with E-state index in [2.05, 4.69) is 30.0 Å². The van der Waals surface area contributed by atoms with Crippen LogP contribution < -0.4 is 5.73 Å². The van der Waals surface area contributed by atoms with Crippen molar-refractivity contribution in [3.63, 3.8) is 0 Å². The summed E-state index contributed by atoms with van der Waals surface area (Å²) in [6, 6.07) is 6.82. The largest absolute Gasteiger partial charge is 0.387 e. The van der Waals surface area contributed by atoms with Crippen molar-refractivity contribution in [2.24, 2.45) is 17.6 Å². The number of aliphatic hydroxyl groups is 1. The first-order valence-corrected chi connectivity index (χ1v) is 9.79. The molecule has 1 heterocycles. The van der Waals surface area contributed by atoms with Gasteiger partial charge in [0.05, 0.1) is 5.60 Å². The van der Waals surface area contributed by atoms with Crippen LogP contribution in [0.3, 0.4) is 0 Å². The molecule has 1 aromatic carbocycles. The third-order valence-electron chi connectivity index (χ3n) is 7.59. The number of nitrogens with two attached hydrogens (primary N) is 1. The van der Waals surface area contributed by atoms with Gasteiger partial charge in [-0.05, 0) is 69.0 Å². The first kappa shape index (κ1) is 15.8. The average molecular weight is 340 g/mol. The van der Waals surface area contributed by atoms with Crippen LogP contribution in [0.15, 0.2) is 18.2 Å². The molecule has 4 atom stereocenters. The van der Waals surface area contributed by atoms with Crippen molar-refractivity contribution in [2.75, 3.05) is 13.1 Å². The predicted octanol–water partition coefficient (Wildman–Crippen LogP) is 1.90. The maximum atomic E-state index is 12.0. The number of fused-ring (bicyclic) bond motifs is 1. The fourth-order valence-corrected chi connectivity index (χ4v) is 6.16. The average Bonchev–Trinajstić information content (AvgIpc) is 3.30. The monoisotopic (exact) mass is 340 g/mol. The molecule has 3 N–H and O–H groups in total. The number of rotatable bonds is 3. The second kappa shape index (κ2) is 5.08. The van der Waals surface area contributed by atoms with Gasteiger partial charge in [0.25, 0.3) is 0 Å². The Kier molecular flexibility index (Phi) is 3.21. The van der Waals surface area contributed by atoms with E-state index in [1.54, 1.807) is 0 Å². The molecular formula is C21H28N2O2. The summed E-state index contributed by atoms with van der Waals surface area (Å²) >= 11 is 0. The molecule has 4 heteroatoms. The van der Waals surface area contributed by atoms with Crippen LogP contribution in [0.2, 0.25) is 0 Å². The van der Waals surface area contributed by atoms with E-state index in [0.717, 1.165) is 31.8 Å². The van der Waals surface area contributed by atoms with Crippen LogP contribution in [0, 0.1) is 18.8 Å². The van der Waals surface area contributed by atoms with Crippen molar-refractivity contribution in [2.45, 2.75) is 62.5 Å². The highest BCUT2D eigenvalue weighted by atomic mass is 16.3. The van der Waals surface area contributed by atoms with Gasteiger partial charge in [-0.2, -0.15) is 0 Å². The Morgan fingerprint density at radius 3 is 2.88 bits per heavy atom. The van der Waals surface area contributed by atoms with Crippen molar-refractivity contribution in [3.05, 3.63) is 34.9 Å². The Labute approximate surface area is 149 Å². The van der Waals surface area contributed by atoms with Crippen LogP contribution in [-0.2, 0) is 16.6 Å². The Balaban J connectivity index is 1.64. The van der Waals surface area contributed by atoms with E-state index in [4.69, 9.17) is 5.73 Å². The fourth-order valence-electron chi connectivity index (χ4n) is 6.16. The van der Waals surface area contributed by atoms with Gasteiger partial charge in [0.2, 0.25) is 5.91 Å². The Hall–Kier alpha value is -1.39. The highest BCUT2D eigenvalue weighted by Crippen LogP contribution is 2.61. The number of aryl methyl sites for hydroxylation is 1. The number of piperidine rings is 1. The van der Waals surface area contributed by atoms with Gasteiger partial charge in [0.15, 0.2) is 0 Å². The lowest BCUT2D eigenvalue weighted by molar-refractivity contribution is -0.133. The van der Waals surface area contributed by atoms with Gasteiger partial charge in [0, 0.05) is 23.9 Å². The third kappa shape index (κ3) is 2.10. The molecule has 0 spiro atoms. The number of benzene rings is 1. The van der Waals surface area contributed by atoms with Crippen molar-refractivity contribution < 1.29 is 9.90 Å². The summed E-state index contributed by atoms with van der Waals surface area (Å²) in [7, 11) is 0. The summed E-state index contributed by atoms with van der Waals surface area (Å²) in [4.78, 5) is 14.5. The number of hydrogen-bond acceptors (Lipinski definition) is 3. The van der Waals surface area contributed by atoms with Crippen molar-refractivity contribution >= 4 is 5.91 Å². The molecular weight excluding hydrogens is 312 g/mol. The van der Waals surface area contributed by atoms with Gasteiger partial charge in [-0.25, -0.2) is 0 Å². The smallest absolute Gasteiger partial charge is 0.220 e. The molecule has 1 aliphatic heterocycles. The lowest BCUT2D eigenvalue weighted by Crippen LogP contribution is -2.69. The number of carbonyl (C=O) groups excluding carboxylic acids is 1. The Morgan fingerprint density at radius 2 is 2.16 bits per heavy atom. The molecule has 134 valence electrons. The van der Waals surface area contributed by atoms with Gasteiger partial charge in [-0.3, -0.25) is 9.69 Å². The summed E-state index contributed by atoms with van der Waals surface area (Å²) in [5, 5.41) is 12.0. The molecule has 25 heavy (non-hydrogen) atoms. The van der Waals surface area contributed by atoms with E-state index in [-0.39, 0.29) is 23.3 Å². The first-order chi connectivity index (χ1) is 11.9. The molecule has 3 aliphatic carbocycles. The minimum atomic E-state index is -0.819. The van der Waals surface area contributed by atoms with Crippen molar-refractivity contribution in [1.29, 1.82) is 0 Å². The molecule has 5 rings (SSSR count). The minimum Gasteiger partial charge on any atom is -0.387 e. The van der Waals surface area contributed by atoms with E-state index >= 15 is 0 Å². The van der Waals surface area contributed by atoms with E-state index < -0.39 is 5.60 Å². The predicted molar refractivity (Wildman–Crippen MR) is 96.1 cm³/mol. The van der Waals surface area contributed by atoms with E-state index in [9.17, 15) is 9.90 Å². The van der Waals surface area contributed by atoms with E-state index in [0.29, 0.717) is 12.8 Å². The molecule has 4 aliphatic rings. The second-order valence-corrected chi connectivity index (χ2v) is 9.08. The van der Waals surface area contributed by atoms with E-state index in [1.165, 1.54) is 29.5 Å². The minimum absolute atomic E-state index is 0.126. The van der Waals surface area contributed by atoms with Gasteiger partial charge in [-0.1, -0.05) is 23.8 Å². The molecule has 3 fully saturated rings. The maximum absolute atomic E-state index is 12.0. The molecule has 2 saturated carbocycles. The molecule has 1 unspecified atom stereocenters. The number of nitrogens with zero attached hydrogens (tertiary/aromatic N) is 1. The number of likely N-dealkylation sites (tertiary alicyclic amines) is 1. The van der Waals surface area contributed by atoms with Crippen LogP contribution in [-0.4, -0.2) is 40.6 Å². The van der Waals surface area contributed by atoms with Gasteiger partial charge < -0.3 is 10.8 Å². The van der Waals surface area contributed by atoms with Crippen LogP contribution >= 0.6 is 0 Å². The van der Waals surface area contributed by atoms with Gasteiger partial charge >= 0.3 is 0 Å². The molecule has 0 radical (unpaired) electrons. The van der Waals surface area contributed by atoms with Crippen LogP contribution in [0.25, 0.3) is 0 Å². The Bertz CT molecular complexity index is 743. The SMILES string of the molecule is Cc1ccc2c(c1)[C@]13CCN(CC4CC4)[C@H](C2)[C@]1(O)CC(C(N)=O)C3. The normalized spacial score (nSPS) is 39.8. The zero-order chi connectivity index (χ0) is 17.4. The number of carbonyl (C=O) groups is 1. The lowest BCUT2D eigenvalue weighted by atomic mass is 9.56. The molecule has 0 aromatic heterocycles. The zero-order valence-corrected chi connectivity index (χ0v) is 15.0. The standard InChI is InChI=1S/C21H28N2O2/c1-13-2-5-15-9-18-21(25)11-16(19(22)24)10-20(21,17(15)8-13)6-7-23(18)12-14-3-4-14/h2,5,8,14,16,18,25H,3-4,6-7,9-12H2,1H3,(H2,22,24)/t16?,18-,20-,21-/m1/s1. The number of amides is 1. The first-order valence-electron chi connectivity index (χ1n) is 9.79. The summed E-state index contributed by atoms with van der Waals surface area (Å²) in [5.41, 5.74) is 8.48. The summed E-state index contributed by atoms with van der Waals surface area (Å²) in [6.07, 6.45) is 5.72. The molecule has 4 nitrogen and oxygen atoms in total. The quantitative estimate of drug-likeness (QED) is 0.883. The highest BCUT2D eigenvalue weighted by Gasteiger charge is 2.67. The van der Waals surface area contributed by atoms with Crippen LogP contribution in [0.1, 0.15) is 48.8 Å². The van der Waals surface area contributed by atoms with Crippen molar-refractivity contribution in [3.8, 4) is 0 Å². The molecule has 2 bridgehead atoms. The molecule has 1 aromatic rings. The highest BCUT2D eigenvalue weighted by molar-refractivity contribution is 5.78. The number of hydrogen-bond donors (Lipinski definition) is 2. The van der Waals surface area contributed by atoms with E-state index in [1.807, 2.05) is 0 Å². The Morgan fingerprint density at radius 1 is 1.36 bits per heavy atom. The third-order valence-corrected chi connectivity index (χ3v) is 7.59. The van der Waals surface area contributed by atoms with Crippen LogP contribution in [0.5, 0.6) is 0 Å². The zero-order valence-electron chi connectivity index (χ0n) is 15.0. The molecule has 1 amide bonds. The summed E-state index contributed by atoms with van der Waals surface area (Å²) < 4.78 is 0. The van der Waals surface area contributed by atoms with Gasteiger partial charge in [0.1, 0.15) is 0 Å². The topological polar surface area (TPSA) is 66.6 Å². The summed E-state index contributed by atoms with van der Waals surface area (Å²) in [6.45, 7) is 4.25. The second-order valence-electron chi connectivity index (χ2n) is 9.08. The van der Waals surface area contributed by atoms with Crippen molar-refractivity contribution in [1.82, 2.24) is 4.90 Å². The van der Waals surface area contributed by atoms with Gasteiger partial charge in [-0.15, -0.1) is 0 Å². The maximum Gasteiger partial charge on any atom is 0.220 e. The molecule has 1 saturated heterocycles. The lowest BCUT2D eigenvalue weighted by Gasteiger charge is -2.59. The number of primary amides is 1.